The van der Waals surface area contributed by atoms with Gasteiger partial charge in [0.25, 0.3) is 0 Å². The first kappa shape index (κ1) is 25.2. The van der Waals surface area contributed by atoms with Crippen molar-refractivity contribution in [2.24, 2.45) is 0 Å². The summed E-state index contributed by atoms with van der Waals surface area (Å²) in [4.78, 5) is 26.4. The third kappa shape index (κ3) is 4.88. The van der Waals surface area contributed by atoms with Crippen LogP contribution in [0.2, 0.25) is 0 Å². The van der Waals surface area contributed by atoms with Gasteiger partial charge in [-0.25, -0.2) is 0 Å². The van der Waals surface area contributed by atoms with Crippen LogP contribution in [0.5, 0.6) is 11.5 Å². The quantitative estimate of drug-likeness (QED) is 0.148. The number of fused-ring (bicyclic) bond motifs is 7. The molecule has 6 aromatic rings. The lowest BCUT2D eigenvalue weighted by atomic mass is 9.91. The Morgan fingerprint density at radius 2 is 1.10 bits per heavy atom. The standard InChI is InChI=1S/C35H22O4S2/c36-28(32-3-1-17-40-32)13-7-22-5-11-26-24(19-22)9-15-30-34(26)35-27-12-6-23(8-14-29(37)33-4-2-18-41-33)20-25(27)10-16-31(35)39-21-38-30/h1-20H,21H2/b13-7+,14-8+. The van der Waals surface area contributed by atoms with Gasteiger partial charge in [0, 0.05) is 11.1 Å². The number of carbonyl (C=O) groups excluding carboxylic acids is 2. The maximum atomic E-state index is 12.5. The zero-order valence-electron chi connectivity index (χ0n) is 21.7. The summed E-state index contributed by atoms with van der Waals surface area (Å²) in [5, 5.41) is 7.95. The Balaban J connectivity index is 1.29. The fourth-order valence-corrected chi connectivity index (χ4v) is 6.41. The predicted molar refractivity (Wildman–Crippen MR) is 168 cm³/mol. The first-order valence-electron chi connectivity index (χ1n) is 13.1. The van der Waals surface area contributed by atoms with Crippen LogP contribution in [0.15, 0.2) is 108 Å². The molecule has 7 rings (SSSR count). The van der Waals surface area contributed by atoms with E-state index in [9.17, 15) is 9.59 Å². The first-order chi connectivity index (χ1) is 20.1. The molecule has 2 aromatic heterocycles. The van der Waals surface area contributed by atoms with E-state index in [1.54, 1.807) is 12.2 Å². The smallest absolute Gasteiger partial charge is 0.230 e. The molecule has 0 spiro atoms. The van der Waals surface area contributed by atoms with E-state index in [1.807, 2.05) is 83.6 Å². The highest BCUT2D eigenvalue weighted by atomic mass is 32.1. The first-order valence-corrected chi connectivity index (χ1v) is 14.8. The zero-order valence-corrected chi connectivity index (χ0v) is 23.3. The maximum Gasteiger partial charge on any atom is 0.230 e. The third-order valence-electron chi connectivity index (χ3n) is 7.07. The van der Waals surface area contributed by atoms with Crippen molar-refractivity contribution in [2.75, 3.05) is 6.79 Å². The van der Waals surface area contributed by atoms with Gasteiger partial charge in [0.2, 0.25) is 6.79 Å². The molecule has 1 aliphatic heterocycles. The number of ether oxygens (including phenoxy) is 2. The lowest BCUT2D eigenvalue weighted by Gasteiger charge is -2.14. The van der Waals surface area contributed by atoms with Crippen LogP contribution in [-0.2, 0) is 0 Å². The number of thiophene rings is 2. The fraction of sp³-hybridized carbons (Fsp3) is 0.0286. The Bertz CT molecular complexity index is 1850. The van der Waals surface area contributed by atoms with E-state index in [0.717, 1.165) is 65.1 Å². The van der Waals surface area contributed by atoms with Gasteiger partial charge in [-0.2, -0.15) is 0 Å². The van der Waals surface area contributed by atoms with Crippen LogP contribution in [0.1, 0.15) is 30.5 Å². The number of hydrogen-bond acceptors (Lipinski definition) is 6. The highest BCUT2D eigenvalue weighted by molar-refractivity contribution is 7.12. The topological polar surface area (TPSA) is 52.6 Å². The largest absolute Gasteiger partial charge is 0.457 e. The van der Waals surface area contributed by atoms with Crippen molar-refractivity contribution in [3.63, 3.8) is 0 Å². The summed E-state index contributed by atoms with van der Waals surface area (Å²) < 4.78 is 12.1. The van der Waals surface area contributed by atoms with Crippen LogP contribution < -0.4 is 9.47 Å². The summed E-state index contributed by atoms with van der Waals surface area (Å²) in [6.07, 6.45) is 6.95. The number of benzene rings is 4. The highest BCUT2D eigenvalue weighted by Gasteiger charge is 2.22. The lowest BCUT2D eigenvalue weighted by Crippen LogP contribution is -2.03. The van der Waals surface area contributed by atoms with Gasteiger partial charge in [0.15, 0.2) is 11.6 Å². The minimum atomic E-state index is -0.00178. The summed E-state index contributed by atoms with van der Waals surface area (Å²) in [5.41, 5.74) is 3.84. The Morgan fingerprint density at radius 1 is 0.610 bits per heavy atom. The molecule has 0 bridgehead atoms. The minimum absolute atomic E-state index is 0.00178. The van der Waals surface area contributed by atoms with Crippen LogP contribution in [0, 0.1) is 0 Å². The number of hydrogen-bond donors (Lipinski definition) is 0. The van der Waals surface area contributed by atoms with Gasteiger partial charge < -0.3 is 9.47 Å². The van der Waals surface area contributed by atoms with Gasteiger partial charge in [-0.3, -0.25) is 9.59 Å². The van der Waals surface area contributed by atoms with E-state index >= 15 is 0 Å². The predicted octanol–water partition coefficient (Wildman–Crippen LogP) is 9.30. The summed E-state index contributed by atoms with van der Waals surface area (Å²) in [7, 11) is 0. The second kappa shape index (κ2) is 10.7. The molecule has 0 fully saturated rings. The van der Waals surface area contributed by atoms with Crippen molar-refractivity contribution in [3.05, 3.63) is 129 Å². The highest BCUT2D eigenvalue weighted by Crippen LogP contribution is 2.47. The average molecular weight is 571 g/mol. The van der Waals surface area contributed by atoms with Crippen LogP contribution in [-0.4, -0.2) is 18.4 Å². The summed E-state index contributed by atoms with van der Waals surface area (Å²) >= 11 is 2.88. The van der Waals surface area contributed by atoms with Gasteiger partial charge >= 0.3 is 0 Å². The zero-order chi connectivity index (χ0) is 27.8. The van der Waals surface area contributed by atoms with E-state index in [2.05, 4.69) is 24.3 Å². The van der Waals surface area contributed by atoms with E-state index in [-0.39, 0.29) is 18.4 Å². The maximum absolute atomic E-state index is 12.5. The Kier molecular flexibility index (Phi) is 6.55. The van der Waals surface area contributed by atoms with Crippen LogP contribution in [0.25, 0.3) is 44.8 Å². The van der Waals surface area contributed by atoms with Crippen molar-refractivity contribution in [1.82, 2.24) is 0 Å². The van der Waals surface area contributed by atoms with Crippen LogP contribution >= 0.6 is 22.7 Å². The van der Waals surface area contributed by atoms with Crippen LogP contribution in [0.3, 0.4) is 0 Å². The average Bonchev–Trinajstić information content (AvgIpc) is 3.71. The normalized spacial score (nSPS) is 12.7. The van der Waals surface area contributed by atoms with Gasteiger partial charge in [0.1, 0.15) is 11.5 Å². The van der Waals surface area contributed by atoms with E-state index < -0.39 is 0 Å². The second-order valence-electron chi connectivity index (χ2n) is 9.59. The van der Waals surface area contributed by atoms with Gasteiger partial charge in [-0.1, -0.05) is 60.7 Å². The van der Waals surface area contributed by atoms with Crippen molar-refractivity contribution in [1.29, 1.82) is 0 Å². The Labute approximate surface area is 244 Å². The summed E-state index contributed by atoms with van der Waals surface area (Å²) in [6, 6.07) is 27.8. The van der Waals surface area contributed by atoms with Crippen LogP contribution in [0.4, 0.5) is 0 Å². The second-order valence-corrected chi connectivity index (χ2v) is 11.5. The molecular formula is C35H22O4S2. The molecule has 0 N–H and O–H groups in total. The molecule has 0 atom stereocenters. The molecule has 6 heteroatoms. The number of allylic oxidation sites excluding steroid dienone is 2. The van der Waals surface area contributed by atoms with Crippen molar-refractivity contribution in [3.8, 4) is 22.6 Å². The summed E-state index contributed by atoms with van der Waals surface area (Å²) in [6.45, 7) is 0.119. The SMILES string of the molecule is O=C(/C=C/c1ccc2c3c(ccc2c1)OCOc1ccc2cc(/C=C/C(=O)c4cccs4)ccc2c1-3)c1cccs1. The molecule has 0 saturated carbocycles. The molecule has 41 heavy (non-hydrogen) atoms. The summed E-state index contributed by atoms with van der Waals surface area (Å²) in [5.74, 6) is 1.51. The molecule has 0 amide bonds. The fourth-order valence-electron chi connectivity index (χ4n) is 5.12. The number of carbonyl (C=O) groups is 2. The number of rotatable bonds is 6. The number of ketones is 2. The molecule has 1 aliphatic rings. The van der Waals surface area contributed by atoms with Gasteiger partial charge in [-0.15, -0.1) is 22.7 Å². The lowest BCUT2D eigenvalue weighted by molar-refractivity contribution is 0.104. The molecule has 198 valence electrons. The molecule has 4 nitrogen and oxygen atoms in total. The van der Waals surface area contributed by atoms with E-state index in [0.29, 0.717) is 0 Å². The van der Waals surface area contributed by atoms with Gasteiger partial charge in [-0.05, 0) is 92.0 Å². The molecule has 0 radical (unpaired) electrons. The monoisotopic (exact) mass is 570 g/mol. The minimum Gasteiger partial charge on any atom is -0.457 e. The molecule has 0 unspecified atom stereocenters. The molecular weight excluding hydrogens is 549 g/mol. The molecule has 4 aromatic carbocycles. The Hall–Kier alpha value is -4.78. The molecule has 0 saturated heterocycles. The van der Waals surface area contributed by atoms with Crippen molar-refractivity contribution < 1.29 is 19.1 Å². The van der Waals surface area contributed by atoms with Crippen molar-refractivity contribution >= 4 is 67.9 Å². The van der Waals surface area contributed by atoms with E-state index in [1.165, 1.54) is 22.7 Å². The Morgan fingerprint density at radius 3 is 1.54 bits per heavy atom. The molecule has 3 heterocycles. The van der Waals surface area contributed by atoms with Crippen molar-refractivity contribution in [2.45, 2.75) is 0 Å². The van der Waals surface area contributed by atoms with Gasteiger partial charge in [0.05, 0.1) is 9.75 Å². The molecule has 0 aliphatic carbocycles. The van der Waals surface area contributed by atoms with E-state index in [4.69, 9.17) is 9.47 Å². The third-order valence-corrected chi connectivity index (χ3v) is 8.84.